The normalized spacial score (nSPS) is 11.6. The van der Waals surface area contributed by atoms with Gasteiger partial charge >= 0.3 is 5.97 Å². The monoisotopic (exact) mass is 592 g/mol. The Hall–Kier alpha value is -4.69. The summed E-state index contributed by atoms with van der Waals surface area (Å²) < 4.78 is 7.59. The van der Waals surface area contributed by atoms with Gasteiger partial charge in [-0.2, -0.15) is 0 Å². The fourth-order valence-corrected chi connectivity index (χ4v) is 6.18. The molecule has 8 heteroatoms. The number of fused-ring (bicyclic) bond motifs is 3. The Kier molecular flexibility index (Phi) is 9.07. The highest BCUT2D eigenvalue weighted by molar-refractivity contribution is 7.99. The molecule has 0 N–H and O–H groups in total. The van der Waals surface area contributed by atoms with Crippen LogP contribution in [-0.4, -0.2) is 40.7 Å². The maximum Gasteiger partial charge on any atom is 0.331 e. The van der Waals surface area contributed by atoms with Crippen molar-refractivity contribution in [1.82, 2.24) is 4.57 Å². The Morgan fingerprint density at radius 3 is 2.19 bits per heavy atom. The molecule has 0 unspecified atom stereocenters. The zero-order chi connectivity index (χ0) is 30.5. The quantitative estimate of drug-likeness (QED) is 0.0515. The number of ether oxygens (including phenoxy) is 1. The van der Waals surface area contributed by atoms with Crippen molar-refractivity contribution in [3.8, 4) is 5.75 Å². The lowest BCUT2D eigenvalue weighted by molar-refractivity contribution is -0.140. The fourth-order valence-electron chi connectivity index (χ4n) is 5.19. The molecular weight excluding hydrogens is 560 g/mol. The molecule has 0 aliphatic rings. The lowest BCUT2D eigenvalue weighted by atomic mass is 9.97. The third kappa shape index (κ3) is 6.24. The second-order valence-electron chi connectivity index (χ2n) is 10.1. The highest BCUT2D eigenvalue weighted by Crippen LogP contribution is 2.32. The number of rotatable bonds is 11. The van der Waals surface area contributed by atoms with Gasteiger partial charge in [-0.05, 0) is 67.9 Å². The van der Waals surface area contributed by atoms with Crippen molar-refractivity contribution in [2.75, 3.05) is 12.9 Å². The number of Topliss-reactive ketones (excluding diaryl/α,β-unsaturated/α-hetero) is 1. The molecule has 43 heavy (non-hydrogen) atoms. The summed E-state index contributed by atoms with van der Waals surface area (Å²) in [4.78, 5) is 44.6. The summed E-state index contributed by atoms with van der Waals surface area (Å²) in [6.45, 7) is 5.96. The van der Waals surface area contributed by atoms with Gasteiger partial charge in [0.2, 0.25) is 5.78 Å². The molecule has 0 aliphatic carbocycles. The first-order chi connectivity index (χ1) is 20.8. The van der Waals surface area contributed by atoms with Crippen molar-refractivity contribution in [2.24, 2.45) is 5.16 Å². The molecule has 1 aromatic heterocycles. The van der Waals surface area contributed by atoms with E-state index in [4.69, 9.17) is 9.57 Å². The smallest absolute Gasteiger partial charge is 0.331 e. The molecule has 0 saturated heterocycles. The lowest BCUT2D eigenvalue weighted by Crippen LogP contribution is -2.16. The fraction of sp³-hybridized carbons (Fsp3) is 0.200. The van der Waals surface area contributed by atoms with E-state index in [1.165, 1.54) is 18.7 Å². The molecule has 5 aromatic rings. The zero-order valence-electron chi connectivity index (χ0n) is 24.5. The number of aryl methyl sites for hydroxylation is 2. The molecule has 0 radical (unpaired) electrons. The predicted octanol–water partition coefficient (Wildman–Crippen LogP) is 7.65. The van der Waals surface area contributed by atoms with Crippen LogP contribution in [-0.2, 0) is 16.2 Å². The molecule has 218 valence electrons. The van der Waals surface area contributed by atoms with E-state index >= 15 is 0 Å². The zero-order valence-corrected chi connectivity index (χ0v) is 25.4. The number of benzene rings is 4. The predicted molar refractivity (Wildman–Crippen MR) is 172 cm³/mol. The second-order valence-corrected chi connectivity index (χ2v) is 11.2. The van der Waals surface area contributed by atoms with Crippen LogP contribution in [0.3, 0.4) is 0 Å². The third-order valence-corrected chi connectivity index (χ3v) is 8.36. The first kappa shape index (κ1) is 29.8. The topological polar surface area (TPSA) is 87.0 Å². The number of methoxy groups -OCH3 is 1. The molecule has 0 spiro atoms. The van der Waals surface area contributed by atoms with Crippen LogP contribution in [0.1, 0.15) is 52.1 Å². The van der Waals surface area contributed by atoms with Gasteiger partial charge in [0.25, 0.3) is 0 Å². The van der Waals surface area contributed by atoms with E-state index in [0.29, 0.717) is 22.4 Å². The Morgan fingerprint density at radius 1 is 0.860 bits per heavy atom. The number of oxime groups is 1. The van der Waals surface area contributed by atoms with E-state index in [1.807, 2.05) is 85.8 Å². The van der Waals surface area contributed by atoms with Crippen molar-refractivity contribution in [2.45, 2.75) is 38.6 Å². The summed E-state index contributed by atoms with van der Waals surface area (Å²) in [5, 5.41) is 5.68. The van der Waals surface area contributed by atoms with Crippen LogP contribution in [0.5, 0.6) is 5.75 Å². The third-order valence-electron chi connectivity index (χ3n) is 7.31. The first-order valence-electron chi connectivity index (χ1n) is 14.0. The average Bonchev–Trinajstić information content (AvgIpc) is 3.34. The van der Waals surface area contributed by atoms with E-state index in [-0.39, 0.29) is 23.7 Å². The van der Waals surface area contributed by atoms with Crippen LogP contribution in [0.4, 0.5) is 0 Å². The number of para-hydroxylation sites is 1. The van der Waals surface area contributed by atoms with Crippen molar-refractivity contribution in [1.29, 1.82) is 0 Å². The number of carbonyl (C=O) groups excluding carboxylic acids is 3. The summed E-state index contributed by atoms with van der Waals surface area (Å²) in [7, 11) is 1.61. The molecule has 5 rings (SSSR count). The number of ketones is 2. The Labute approximate surface area is 254 Å². The van der Waals surface area contributed by atoms with Gasteiger partial charge < -0.3 is 14.1 Å². The number of thioether (sulfide) groups is 1. The molecule has 0 saturated carbocycles. The highest BCUT2D eigenvalue weighted by atomic mass is 32.2. The van der Waals surface area contributed by atoms with Crippen LogP contribution in [0.15, 0.2) is 95.0 Å². The van der Waals surface area contributed by atoms with Crippen LogP contribution in [0.2, 0.25) is 0 Å². The van der Waals surface area contributed by atoms with Crippen molar-refractivity contribution in [3.63, 3.8) is 0 Å². The summed E-state index contributed by atoms with van der Waals surface area (Å²) in [6.07, 6.45) is 0.276. The van der Waals surface area contributed by atoms with Crippen molar-refractivity contribution in [3.05, 3.63) is 107 Å². The molecule has 0 amide bonds. The standard InChI is InChI=1S/C35H32N2O5S/c1-5-37-30-16-14-24(34(39)26-11-7-6-10-22(26)2)20-27(30)28-21-25(15-17-31(28)37)35(40)29(36-42-23(3)38)18-19-43-33-13-9-8-12-32(33)41-4/h6-17,20-21H,5,18-19H2,1-4H3/b36-29+. The van der Waals surface area contributed by atoms with E-state index in [1.54, 1.807) is 13.2 Å². The first-order valence-corrected chi connectivity index (χ1v) is 15.0. The van der Waals surface area contributed by atoms with Gasteiger partial charge in [-0.25, -0.2) is 4.79 Å². The summed E-state index contributed by atoms with van der Waals surface area (Å²) in [6, 6.07) is 26.4. The molecule has 1 heterocycles. The molecule has 0 atom stereocenters. The largest absolute Gasteiger partial charge is 0.496 e. The summed E-state index contributed by atoms with van der Waals surface area (Å²) in [5.41, 5.74) is 4.66. The molecule has 4 aromatic carbocycles. The van der Waals surface area contributed by atoms with Gasteiger partial charge in [-0.3, -0.25) is 9.59 Å². The number of hydrogen-bond donors (Lipinski definition) is 0. The summed E-state index contributed by atoms with van der Waals surface area (Å²) in [5.74, 6) is 0.292. The SMILES string of the molecule is CCn1c2ccc(C(=O)/C(CCSc3ccccc3OC)=N/OC(C)=O)cc2c2cc(C(=O)c3ccccc3C)ccc21. The number of carbonyl (C=O) groups is 3. The van der Waals surface area contributed by atoms with E-state index in [2.05, 4.69) is 16.6 Å². The Bertz CT molecular complexity index is 1890. The van der Waals surface area contributed by atoms with Gasteiger partial charge in [0, 0.05) is 69.0 Å². The number of nitrogens with zero attached hydrogens (tertiary/aromatic N) is 2. The molecule has 7 nitrogen and oxygen atoms in total. The average molecular weight is 593 g/mol. The van der Waals surface area contributed by atoms with Gasteiger partial charge in [-0.1, -0.05) is 41.6 Å². The minimum Gasteiger partial charge on any atom is -0.496 e. The van der Waals surface area contributed by atoms with Gasteiger partial charge in [0.05, 0.1) is 7.11 Å². The van der Waals surface area contributed by atoms with Crippen LogP contribution in [0.25, 0.3) is 21.8 Å². The van der Waals surface area contributed by atoms with Gasteiger partial charge in [0.15, 0.2) is 5.78 Å². The number of hydrogen-bond acceptors (Lipinski definition) is 7. The summed E-state index contributed by atoms with van der Waals surface area (Å²) >= 11 is 1.53. The minimum absolute atomic E-state index is 0.0482. The van der Waals surface area contributed by atoms with Crippen LogP contribution in [0, 0.1) is 6.92 Å². The van der Waals surface area contributed by atoms with Crippen molar-refractivity contribution >= 4 is 56.8 Å². The van der Waals surface area contributed by atoms with E-state index in [9.17, 15) is 14.4 Å². The minimum atomic E-state index is -0.602. The van der Waals surface area contributed by atoms with Gasteiger partial charge in [-0.15, -0.1) is 11.8 Å². The molecule has 0 aliphatic heterocycles. The van der Waals surface area contributed by atoms with E-state index < -0.39 is 5.97 Å². The van der Waals surface area contributed by atoms with E-state index in [0.717, 1.165) is 44.6 Å². The maximum absolute atomic E-state index is 13.8. The Balaban J connectivity index is 1.50. The Morgan fingerprint density at radius 2 is 1.51 bits per heavy atom. The second kappa shape index (κ2) is 13.1. The maximum atomic E-state index is 13.8. The molecular formula is C35H32N2O5S. The number of aromatic nitrogens is 1. The lowest BCUT2D eigenvalue weighted by Gasteiger charge is -2.09. The molecule has 0 bridgehead atoms. The van der Waals surface area contributed by atoms with Crippen LogP contribution >= 0.6 is 11.8 Å². The van der Waals surface area contributed by atoms with Crippen LogP contribution < -0.4 is 4.74 Å². The molecule has 0 fully saturated rings. The highest BCUT2D eigenvalue weighted by Gasteiger charge is 2.20. The van der Waals surface area contributed by atoms with Crippen molar-refractivity contribution < 1.29 is 24.0 Å². The van der Waals surface area contributed by atoms with Gasteiger partial charge in [0.1, 0.15) is 11.5 Å².